The first kappa shape index (κ1) is 22.6. The maximum absolute atomic E-state index is 11.9. The van der Waals surface area contributed by atoms with Crippen LogP contribution in [0.2, 0.25) is 5.02 Å². The molecular weight excluding hydrogens is 430 g/mol. The van der Waals surface area contributed by atoms with Crippen molar-refractivity contribution in [1.29, 1.82) is 0 Å². The van der Waals surface area contributed by atoms with E-state index in [9.17, 15) is 4.79 Å². The van der Waals surface area contributed by atoms with Crippen LogP contribution in [0, 0.1) is 5.92 Å². The van der Waals surface area contributed by atoms with E-state index in [1.165, 1.54) is 0 Å². The van der Waals surface area contributed by atoms with Gasteiger partial charge >= 0.3 is 5.97 Å². The summed E-state index contributed by atoms with van der Waals surface area (Å²) in [5.41, 5.74) is 2.02. The van der Waals surface area contributed by atoms with Crippen LogP contribution in [0.3, 0.4) is 0 Å². The first-order valence-electron chi connectivity index (χ1n) is 11.2. The van der Waals surface area contributed by atoms with Gasteiger partial charge in [0.05, 0.1) is 18.7 Å². The second-order valence-electron chi connectivity index (χ2n) is 8.13. The summed E-state index contributed by atoms with van der Waals surface area (Å²) in [6.45, 7) is 4.73. The number of aromatic nitrogens is 2. The summed E-state index contributed by atoms with van der Waals surface area (Å²) in [5, 5.41) is 3.75. The number of halogens is 1. The molecule has 1 aromatic carbocycles. The molecule has 0 saturated carbocycles. The van der Waals surface area contributed by atoms with Crippen LogP contribution < -0.4 is 15.1 Å². The van der Waals surface area contributed by atoms with E-state index in [-0.39, 0.29) is 18.1 Å². The summed E-state index contributed by atoms with van der Waals surface area (Å²) in [4.78, 5) is 25.1. The van der Waals surface area contributed by atoms with Crippen molar-refractivity contribution in [1.82, 2.24) is 9.97 Å². The monoisotopic (exact) mass is 459 g/mol. The van der Waals surface area contributed by atoms with Crippen molar-refractivity contribution in [3.8, 4) is 0 Å². The Bertz CT molecular complexity index is 912. The fourth-order valence-electron chi connectivity index (χ4n) is 4.19. The third kappa shape index (κ3) is 5.24. The fraction of sp³-hybridized carbons (Fsp3) is 0.522. The number of anilines is 4. The Kier molecular flexibility index (Phi) is 7.32. The molecule has 0 bridgehead atoms. The van der Waals surface area contributed by atoms with Crippen molar-refractivity contribution >= 4 is 40.7 Å². The molecule has 1 atom stereocenters. The minimum absolute atomic E-state index is 0.0103. The van der Waals surface area contributed by atoms with E-state index in [0.717, 1.165) is 56.8 Å². The number of ether oxygens (including phenoxy) is 2. The molecular formula is C23H30ClN5O3. The summed E-state index contributed by atoms with van der Waals surface area (Å²) in [7, 11) is 1.94. The zero-order valence-corrected chi connectivity index (χ0v) is 19.3. The van der Waals surface area contributed by atoms with E-state index < -0.39 is 0 Å². The van der Waals surface area contributed by atoms with E-state index in [1.54, 1.807) is 6.20 Å². The molecule has 3 heterocycles. The molecule has 0 aliphatic carbocycles. The highest BCUT2D eigenvalue weighted by Gasteiger charge is 2.26. The number of carbonyl (C=O) groups excluding carboxylic acids is 1. The summed E-state index contributed by atoms with van der Waals surface area (Å²) < 4.78 is 10.9. The smallest absolute Gasteiger partial charge is 0.309 e. The van der Waals surface area contributed by atoms with Gasteiger partial charge in [-0.05, 0) is 56.9 Å². The summed E-state index contributed by atoms with van der Waals surface area (Å²) in [5.74, 6) is 1.07. The number of hydrogen-bond donors (Lipinski definition) is 1. The Balaban J connectivity index is 1.37. The Labute approximate surface area is 193 Å². The van der Waals surface area contributed by atoms with Gasteiger partial charge < -0.3 is 24.6 Å². The standard InChI is InChI=1S/C23H30ClN5O3/c1-3-31-22(30)16-10-12-29(13-11-16)18-8-6-17(7-9-18)26-23-25-15-19(24)21(27-23)28(2)20-5-4-14-32-20/h6-9,15-16,20H,3-5,10-14H2,1-2H3,(H,25,26,27)/t20-/m1/s1. The van der Waals surface area contributed by atoms with E-state index in [2.05, 4.69) is 32.3 Å². The van der Waals surface area contributed by atoms with Crippen LogP contribution >= 0.6 is 11.6 Å². The Morgan fingerprint density at radius 2 is 2.03 bits per heavy atom. The summed E-state index contributed by atoms with van der Waals surface area (Å²) in [6, 6.07) is 8.16. The Hall–Kier alpha value is -2.58. The fourth-order valence-corrected chi connectivity index (χ4v) is 4.41. The van der Waals surface area contributed by atoms with Crippen LogP contribution in [0.25, 0.3) is 0 Å². The van der Waals surface area contributed by atoms with E-state index in [1.807, 2.05) is 31.0 Å². The average Bonchev–Trinajstić information content (AvgIpc) is 3.36. The molecule has 172 valence electrons. The third-order valence-electron chi connectivity index (χ3n) is 6.00. The van der Waals surface area contributed by atoms with Crippen molar-refractivity contribution in [2.75, 3.05) is 48.5 Å². The lowest BCUT2D eigenvalue weighted by Gasteiger charge is -2.32. The molecule has 0 spiro atoms. The van der Waals surface area contributed by atoms with E-state index >= 15 is 0 Å². The highest BCUT2D eigenvalue weighted by molar-refractivity contribution is 6.32. The number of piperidine rings is 1. The predicted molar refractivity (Wildman–Crippen MR) is 126 cm³/mol. The number of benzene rings is 1. The molecule has 2 aromatic rings. The normalized spacial score (nSPS) is 19.1. The van der Waals surface area contributed by atoms with Crippen molar-refractivity contribution in [2.45, 2.75) is 38.8 Å². The van der Waals surface area contributed by atoms with E-state index in [4.69, 9.17) is 21.1 Å². The second kappa shape index (κ2) is 10.4. The minimum Gasteiger partial charge on any atom is -0.466 e. The lowest BCUT2D eigenvalue weighted by atomic mass is 9.96. The third-order valence-corrected chi connectivity index (χ3v) is 6.27. The van der Waals surface area contributed by atoms with Crippen LogP contribution in [0.1, 0.15) is 32.6 Å². The highest BCUT2D eigenvalue weighted by Crippen LogP contribution is 2.29. The minimum atomic E-state index is -0.0702. The summed E-state index contributed by atoms with van der Waals surface area (Å²) >= 11 is 6.34. The average molecular weight is 460 g/mol. The molecule has 0 unspecified atom stereocenters. The quantitative estimate of drug-likeness (QED) is 0.616. The number of nitrogens with zero attached hydrogens (tertiary/aromatic N) is 4. The zero-order valence-electron chi connectivity index (χ0n) is 18.6. The zero-order chi connectivity index (χ0) is 22.5. The predicted octanol–water partition coefficient (Wildman–Crippen LogP) is 4.23. The van der Waals surface area contributed by atoms with Crippen molar-refractivity contribution in [2.24, 2.45) is 5.92 Å². The largest absolute Gasteiger partial charge is 0.466 e. The molecule has 2 aliphatic heterocycles. The molecule has 32 heavy (non-hydrogen) atoms. The lowest BCUT2D eigenvalue weighted by molar-refractivity contribution is -0.148. The number of nitrogens with one attached hydrogen (secondary N) is 1. The molecule has 4 rings (SSSR count). The van der Waals surface area contributed by atoms with Crippen LogP contribution in [-0.2, 0) is 14.3 Å². The van der Waals surface area contributed by atoms with Gasteiger partial charge in [-0.2, -0.15) is 4.98 Å². The molecule has 1 aromatic heterocycles. The van der Waals surface area contributed by atoms with Crippen LogP contribution in [0.5, 0.6) is 0 Å². The molecule has 2 aliphatic rings. The van der Waals surface area contributed by atoms with Crippen molar-refractivity contribution in [3.63, 3.8) is 0 Å². The van der Waals surface area contributed by atoms with Gasteiger partial charge in [0.15, 0.2) is 5.82 Å². The number of hydrogen-bond acceptors (Lipinski definition) is 8. The van der Waals surface area contributed by atoms with E-state index in [0.29, 0.717) is 23.4 Å². The van der Waals surface area contributed by atoms with Crippen molar-refractivity contribution in [3.05, 3.63) is 35.5 Å². The van der Waals surface area contributed by atoms with Gasteiger partial charge in [0, 0.05) is 38.1 Å². The molecule has 9 heteroatoms. The van der Waals surface area contributed by atoms with Gasteiger partial charge in [0.1, 0.15) is 11.3 Å². The van der Waals surface area contributed by atoms with Crippen LogP contribution in [-0.4, -0.2) is 55.5 Å². The highest BCUT2D eigenvalue weighted by atomic mass is 35.5. The first-order valence-corrected chi connectivity index (χ1v) is 11.6. The second-order valence-corrected chi connectivity index (χ2v) is 8.54. The van der Waals surface area contributed by atoms with Gasteiger partial charge in [-0.1, -0.05) is 11.6 Å². The molecule has 2 saturated heterocycles. The van der Waals surface area contributed by atoms with Gasteiger partial charge in [-0.15, -0.1) is 0 Å². The lowest BCUT2D eigenvalue weighted by Crippen LogP contribution is -2.36. The summed E-state index contributed by atoms with van der Waals surface area (Å²) in [6.07, 6.45) is 5.23. The molecule has 0 radical (unpaired) electrons. The molecule has 8 nitrogen and oxygen atoms in total. The first-order chi connectivity index (χ1) is 15.5. The number of rotatable bonds is 7. The maximum atomic E-state index is 11.9. The van der Waals surface area contributed by atoms with Gasteiger partial charge in [0.25, 0.3) is 0 Å². The molecule has 2 fully saturated rings. The van der Waals surface area contributed by atoms with Crippen LogP contribution in [0.15, 0.2) is 30.5 Å². The maximum Gasteiger partial charge on any atom is 0.309 e. The SMILES string of the molecule is CCOC(=O)C1CCN(c2ccc(Nc3ncc(Cl)c(N(C)[C@H]4CCCO4)n3)cc2)CC1. The van der Waals surface area contributed by atoms with Crippen LogP contribution in [0.4, 0.5) is 23.1 Å². The Morgan fingerprint density at radius 3 is 2.69 bits per heavy atom. The Morgan fingerprint density at radius 1 is 1.28 bits per heavy atom. The molecule has 0 amide bonds. The topological polar surface area (TPSA) is 79.8 Å². The number of carbonyl (C=O) groups is 1. The van der Waals surface area contributed by atoms with Gasteiger partial charge in [-0.3, -0.25) is 4.79 Å². The van der Waals surface area contributed by atoms with Crippen molar-refractivity contribution < 1.29 is 14.3 Å². The number of esters is 1. The molecule has 1 N–H and O–H groups in total. The van der Waals surface area contributed by atoms with Gasteiger partial charge in [0.2, 0.25) is 5.95 Å². The van der Waals surface area contributed by atoms with Gasteiger partial charge in [-0.25, -0.2) is 4.98 Å².